The Bertz CT molecular complexity index is 262. The Kier molecular flexibility index (Phi) is 3.68. The summed E-state index contributed by atoms with van der Waals surface area (Å²) in [6.45, 7) is 6.64. The molecule has 0 bridgehead atoms. The lowest BCUT2D eigenvalue weighted by molar-refractivity contribution is -0.116. The van der Waals surface area contributed by atoms with Gasteiger partial charge in [-0.2, -0.15) is 0 Å². The molecule has 0 heterocycles. The molecule has 1 nitrogen and oxygen atoms in total. The number of hydrogen-bond acceptors (Lipinski definition) is 1. The first-order chi connectivity index (χ1) is 6.56. The topological polar surface area (TPSA) is 17.1 Å². The van der Waals surface area contributed by atoms with Gasteiger partial charge in [-0.1, -0.05) is 45.4 Å². The van der Waals surface area contributed by atoms with E-state index in [2.05, 4.69) is 26.8 Å². The Morgan fingerprint density at radius 3 is 2.86 bits per heavy atom. The number of rotatable bonds is 3. The third-order valence-corrected chi connectivity index (χ3v) is 2.98. The minimum absolute atomic E-state index is 0.0655. The van der Waals surface area contributed by atoms with Crippen molar-refractivity contribution in [3.8, 4) is 0 Å². The molecule has 1 aliphatic carbocycles. The maximum Gasteiger partial charge on any atom is 0.156 e. The van der Waals surface area contributed by atoms with Crippen molar-refractivity contribution in [3.05, 3.63) is 24.3 Å². The summed E-state index contributed by atoms with van der Waals surface area (Å²) < 4.78 is 0. The first kappa shape index (κ1) is 11.2. The Morgan fingerprint density at radius 2 is 2.21 bits per heavy atom. The van der Waals surface area contributed by atoms with Gasteiger partial charge in [-0.3, -0.25) is 4.79 Å². The molecule has 2 unspecified atom stereocenters. The van der Waals surface area contributed by atoms with Crippen molar-refractivity contribution in [1.29, 1.82) is 0 Å². The van der Waals surface area contributed by atoms with E-state index in [1.165, 1.54) is 6.42 Å². The zero-order valence-electron chi connectivity index (χ0n) is 9.42. The highest BCUT2D eigenvalue weighted by Crippen LogP contribution is 2.34. The quantitative estimate of drug-likeness (QED) is 0.668. The van der Waals surface area contributed by atoms with Gasteiger partial charge < -0.3 is 0 Å². The number of carbonyl (C=O) groups excluding carboxylic acids is 1. The van der Waals surface area contributed by atoms with E-state index >= 15 is 0 Å². The number of hydrogen-bond donors (Lipinski definition) is 0. The summed E-state index contributed by atoms with van der Waals surface area (Å²) >= 11 is 0. The molecule has 0 aromatic carbocycles. The van der Waals surface area contributed by atoms with Crippen LogP contribution < -0.4 is 0 Å². The number of ketones is 1. The van der Waals surface area contributed by atoms with Gasteiger partial charge in [-0.05, 0) is 23.8 Å². The third kappa shape index (κ3) is 3.13. The Morgan fingerprint density at radius 1 is 1.50 bits per heavy atom. The highest BCUT2D eigenvalue weighted by molar-refractivity contribution is 5.91. The van der Waals surface area contributed by atoms with E-state index in [4.69, 9.17) is 0 Å². The molecule has 1 rings (SSSR count). The van der Waals surface area contributed by atoms with Crippen molar-refractivity contribution in [2.24, 2.45) is 11.3 Å². The Hall–Kier alpha value is -0.850. The second kappa shape index (κ2) is 4.59. The Labute approximate surface area is 86.9 Å². The predicted molar refractivity (Wildman–Crippen MR) is 60.1 cm³/mol. The van der Waals surface area contributed by atoms with Crippen LogP contribution in [0.3, 0.4) is 0 Å². The fourth-order valence-electron chi connectivity index (χ4n) is 2.05. The SMILES string of the molecule is CCC(C)CC1(C)C=CC=CC(=O)C1. The fourth-order valence-corrected chi connectivity index (χ4v) is 2.05. The molecule has 0 aliphatic heterocycles. The second-order valence-corrected chi connectivity index (χ2v) is 4.73. The van der Waals surface area contributed by atoms with Crippen LogP contribution in [0.1, 0.15) is 40.0 Å². The van der Waals surface area contributed by atoms with E-state index in [1.807, 2.05) is 12.2 Å². The van der Waals surface area contributed by atoms with Crippen LogP contribution in [0.15, 0.2) is 24.3 Å². The second-order valence-electron chi connectivity index (χ2n) is 4.73. The van der Waals surface area contributed by atoms with Crippen molar-refractivity contribution in [1.82, 2.24) is 0 Å². The average molecular weight is 192 g/mol. The summed E-state index contributed by atoms with van der Waals surface area (Å²) in [6, 6.07) is 0. The van der Waals surface area contributed by atoms with Gasteiger partial charge in [0, 0.05) is 6.42 Å². The predicted octanol–water partition coefficient (Wildman–Crippen LogP) is 3.51. The van der Waals surface area contributed by atoms with Gasteiger partial charge >= 0.3 is 0 Å². The van der Waals surface area contributed by atoms with Crippen molar-refractivity contribution in [2.45, 2.75) is 40.0 Å². The monoisotopic (exact) mass is 192 g/mol. The van der Waals surface area contributed by atoms with Crippen molar-refractivity contribution >= 4 is 5.78 Å². The molecule has 0 amide bonds. The van der Waals surface area contributed by atoms with Gasteiger partial charge in [-0.25, -0.2) is 0 Å². The summed E-state index contributed by atoms with van der Waals surface area (Å²) in [4.78, 5) is 11.4. The summed E-state index contributed by atoms with van der Waals surface area (Å²) in [5.41, 5.74) is 0.0655. The molecule has 0 fully saturated rings. The minimum atomic E-state index is 0.0655. The van der Waals surface area contributed by atoms with Gasteiger partial charge in [0.1, 0.15) is 0 Å². The van der Waals surface area contributed by atoms with Crippen LogP contribution in [-0.4, -0.2) is 5.78 Å². The molecule has 0 N–H and O–H groups in total. The van der Waals surface area contributed by atoms with Gasteiger partial charge in [0.25, 0.3) is 0 Å². The summed E-state index contributed by atoms with van der Waals surface area (Å²) in [6.07, 6.45) is 10.7. The minimum Gasteiger partial charge on any atom is -0.295 e. The first-order valence-electron chi connectivity index (χ1n) is 5.44. The van der Waals surface area contributed by atoms with E-state index < -0.39 is 0 Å². The van der Waals surface area contributed by atoms with Gasteiger partial charge in [0.05, 0.1) is 0 Å². The number of carbonyl (C=O) groups is 1. The molecule has 2 atom stereocenters. The zero-order chi connectivity index (χ0) is 10.6. The molecule has 78 valence electrons. The van der Waals surface area contributed by atoms with E-state index in [0.717, 1.165) is 6.42 Å². The molecular weight excluding hydrogens is 172 g/mol. The van der Waals surface area contributed by atoms with Crippen molar-refractivity contribution in [3.63, 3.8) is 0 Å². The maximum absolute atomic E-state index is 11.4. The first-order valence-corrected chi connectivity index (χ1v) is 5.44. The van der Waals surface area contributed by atoms with Crippen molar-refractivity contribution in [2.75, 3.05) is 0 Å². The normalized spacial score (nSPS) is 28.9. The van der Waals surface area contributed by atoms with Crippen LogP contribution >= 0.6 is 0 Å². The Balaban J connectivity index is 2.68. The van der Waals surface area contributed by atoms with Crippen LogP contribution in [0.25, 0.3) is 0 Å². The molecule has 0 aromatic rings. The molecule has 0 aromatic heterocycles. The molecule has 1 aliphatic rings. The number of allylic oxidation sites excluding steroid dienone is 4. The van der Waals surface area contributed by atoms with Gasteiger partial charge in [0.2, 0.25) is 0 Å². The molecule has 0 radical (unpaired) electrons. The van der Waals surface area contributed by atoms with E-state index in [9.17, 15) is 4.79 Å². The average Bonchev–Trinajstić information content (AvgIpc) is 2.26. The van der Waals surface area contributed by atoms with Crippen molar-refractivity contribution < 1.29 is 4.79 Å². The maximum atomic E-state index is 11.4. The molecule has 14 heavy (non-hydrogen) atoms. The third-order valence-electron chi connectivity index (χ3n) is 2.98. The van der Waals surface area contributed by atoms with E-state index in [1.54, 1.807) is 6.08 Å². The lowest BCUT2D eigenvalue weighted by atomic mass is 9.77. The van der Waals surface area contributed by atoms with E-state index in [0.29, 0.717) is 12.3 Å². The molecule has 0 saturated carbocycles. The lowest BCUT2D eigenvalue weighted by Gasteiger charge is -2.27. The smallest absolute Gasteiger partial charge is 0.156 e. The zero-order valence-corrected chi connectivity index (χ0v) is 9.42. The van der Waals surface area contributed by atoms with Crippen LogP contribution in [0.5, 0.6) is 0 Å². The molecule has 0 spiro atoms. The molecule has 0 saturated heterocycles. The van der Waals surface area contributed by atoms with Gasteiger partial charge in [-0.15, -0.1) is 0 Å². The standard InChI is InChI=1S/C13H20O/c1-4-11(2)9-13(3)8-6-5-7-12(14)10-13/h5-8,11H,4,9-10H2,1-3H3. The summed E-state index contributed by atoms with van der Waals surface area (Å²) in [7, 11) is 0. The van der Waals surface area contributed by atoms with Crippen LogP contribution in [-0.2, 0) is 4.79 Å². The summed E-state index contributed by atoms with van der Waals surface area (Å²) in [5.74, 6) is 0.941. The highest BCUT2D eigenvalue weighted by Gasteiger charge is 2.26. The summed E-state index contributed by atoms with van der Waals surface area (Å²) in [5, 5.41) is 0. The highest BCUT2D eigenvalue weighted by atomic mass is 16.1. The van der Waals surface area contributed by atoms with E-state index in [-0.39, 0.29) is 11.2 Å². The van der Waals surface area contributed by atoms with Crippen LogP contribution in [0.4, 0.5) is 0 Å². The van der Waals surface area contributed by atoms with Crippen LogP contribution in [0, 0.1) is 11.3 Å². The lowest BCUT2D eigenvalue weighted by Crippen LogP contribution is -2.19. The fraction of sp³-hybridized carbons (Fsp3) is 0.615. The largest absolute Gasteiger partial charge is 0.295 e. The van der Waals surface area contributed by atoms with Gasteiger partial charge in [0.15, 0.2) is 5.78 Å². The molecular formula is C13H20O. The van der Waals surface area contributed by atoms with Crippen LogP contribution in [0.2, 0.25) is 0 Å². The molecule has 1 heteroatoms.